The van der Waals surface area contributed by atoms with Crippen LogP contribution in [0.2, 0.25) is 0 Å². The maximum atomic E-state index is 13.6. The van der Waals surface area contributed by atoms with E-state index in [-0.39, 0.29) is 11.3 Å². The number of hydrogen-bond acceptors (Lipinski definition) is 3. The molecule has 5 rings (SSSR count). The minimum Gasteiger partial charge on any atom is -0.381 e. The Morgan fingerprint density at radius 1 is 1.00 bits per heavy atom. The van der Waals surface area contributed by atoms with Gasteiger partial charge in [-0.05, 0) is 60.7 Å². The summed E-state index contributed by atoms with van der Waals surface area (Å²) in [7, 11) is 0. The highest BCUT2D eigenvalue weighted by atomic mass is 16.5. The lowest BCUT2D eigenvalue weighted by Crippen LogP contribution is -2.40. The second-order valence-electron chi connectivity index (χ2n) is 8.54. The van der Waals surface area contributed by atoms with Crippen LogP contribution in [0, 0.1) is 18.3 Å². The van der Waals surface area contributed by atoms with Gasteiger partial charge in [0.05, 0.1) is 17.2 Å². The molecule has 1 spiro atoms. The van der Waals surface area contributed by atoms with Crippen LogP contribution in [0.4, 0.5) is 5.69 Å². The van der Waals surface area contributed by atoms with Gasteiger partial charge in [0.25, 0.3) is 5.91 Å². The van der Waals surface area contributed by atoms with Crippen LogP contribution >= 0.6 is 0 Å². The molecule has 4 heteroatoms. The zero-order valence-corrected chi connectivity index (χ0v) is 17.6. The first kappa shape index (κ1) is 19.5. The smallest absolute Gasteiger partial charge is 0.259 e. The summed E-state index contributed by atoms with van der Waals surface area (Å²) < 4.78 is 5.67. The second-order valence-corrected chi connectivity index (χ2v) is 8.54. The third kappa shape index (κ3) is 3.32. The fraction of sp³-hybridized carbons (Fsp3) is 0.259. The van der Waals surface area contributed by atoms with E-state index in [0.29, 0.717) is 30.9 Å². The normalized spacial score (nSPS) is 16.7. The lowest BCUT2D eigenvalue weighted by Gasteiger charge is -2.34. The Labute approximate surface area is 182 Å². The monoisotopic (exact) mass is 408 g/mol. The van der Waals surface area contributed by atoms with Crippen molar-refractivity contribution in [1.29, 1.82) is 5.26 Å². The Bertz CT molecular complexity index is 1180. The van der Waals surface area contributed by atoms with Crippen molar-refractivity contribution in [2.24, 2.45) is 0 Å². The number of amides is 1. The summed E-state index contributed by atoms with van der Waals surface area (Å²) in [5.41, 5.74) is 6.52. The average molecular weight is 409 g/mol. The molecular formula is C27H24N2O2. The first-order valence-corrected chi connectivity index (χ1v) is 10.7. The third-order valence-corrected chi connectivity index (χ3v) is 6.68. The first-order valence-electron chi connectivity index (χ1n) is 10.7. The molecule has 0 N–H and O–H groups in total. The molecule has 0 radical (unpaired) electrons. The molecule has 0 aromatic heterocycles. The molecule has 1 saturated heterocycles. The van der Waals surface area contributed by atoms with E-state index in [2.05, 4.69) is 55.5 Å². The maximum Gasteiger partial charge on any atom is 0.259 e. The first-order chi connectivity index (χ1) is 15.1. The minimum absolute atomic E-state index is 0.106. The number of carbonyl (C=O) groups is 1. The number of aryl methyl sites for hydroxylation is 1. The number of rotatable bonds is 2. The van der Waals surface area contributed by atoms with Gasteiger partial charge in [0.15, 0.2) is 0 Å². The highest BCUT2D eigenvalue weighted by Gasteiger charge is 2.46. The van der Waals surface area contributed by atoms with E-state index in [4.69, 9.17) is 4.74 Å². The number of anilines is 1. The van der Waals surface area contributed by atoms with E-state index in [0.717, 1.165) is 24.1 Å². The highest BCUT2D eigenvalue weighted by Crippen LogP contribution is 2.48. The predicted molar refractivity (Wildman–Crippen MR) is 121 cm³/mol. The molecule has 3 aromatic carbocycles. The Balaban J connectivity index is 1.61. The lowest BCUT2D eigenvalue weighted by atomic mass is 9.75. The Kier molecular flexibility index (Phi) is 4.84. The van der Waals surface area contributed by atoms with Crippen molar-refractivity contribution in [2.45, 2.75) is 25.2 Å². The van der Waals surface area contributed by atoms with Crippen LogP contribution < -0.4 is 4.90 Å². The summed E-state index contributed by atoms with van der Waals surface area (Å²) in [4.78, 5) is 15.4. The van der Waals surface area contributed by atoms with Crippen molar-refractivity contribution >= 4 is 11.6 Å². The molecule has 3 aromatic rings. The fourth-order valence-corrected chi connectivity index (χ4v) is 4.88. The van der Waals surface area contributed by atoms with Gasteiger partial charge in [0.2, 0.25) is 0 Å². The summed E-state index contributed by atoms with van der Waals surface area (Å²) >= 11 is 0. The Morgan fingerprint density at radius 3 is 2.45 bits per heavy atom. The maximum absolute atomic E-state index is 13.6. The summed E-state index contributed by atoms with van der Waals surface area (Å²) in [5, 5.41) is 9.49. The van der Waals surface area contributed by atoms with E-state index in [9.17, 15) is 10.1 Å². The van der Waals surface area contributed by atoms with Crippen molar-refractivity contribution < 1.29 is 9.53 Å². The topological polar surface area (TPSA) is 53.3 Å². The van der Waals surface area contributed by atoms with Gasteiger partial charge in [-0.25, -0.2) is 0 Å². The molecule has 2 aliphatic heterocycles. The summed E-state index contributed by atoms with van der Waals surface area (Å²) in [6, 6.07) is 24.2. The largest absolute Gasteiger partial charge is 0.381 e. The molecule has 1 amide bonds. The van der Waals surface area contributed by atoms with Gasteiger partial charge in [-0.1, -0.05) is 48.0 Å². The molecule has 31 heavy (non-hydrogen) atoms. The molecule has 0 bridgehead atoms. The fourth-order valence-electron chi connectivity index (χ4n) is 4.88. The van der Waals surface area contributed by atoms with Crippen LogP contribution in [0.25, 0.3) is 11.1 Å². The number of benzene rings is 3. The third-order valence-electron chi connectivity index (χ3n) is 6.68. The molecular weight excluding hydrogens is 384 g/mol. The van der Waals surface area contributed by atoms with Crippen LogP contribution in [-0.4, -0.2) is 25.7 Å². The number of fused-ring (bicyclic) bond motifs is 2. The molecule has 0 atom stereocenters. The standard InChI is InChI=1S/C27H24N2O2/c1-19-6-8-20(9-7-19)21-10-11-25-24(16-21)27(12-14-31-15-13-27)18-29(25)26(30)23-5-3-2-4-22(23)17-28/h2-11,16H,12-15,18H2,1H3. The predicted octanol–water partition coefficient (Wildman–Crippen LogP) is 5.24. The molecule has 0 unspecified atom stereocenters. The molecule has 0 saturated carbocycles. The van der Waals surface area contributed by atoms with Crippen molar-refractivity contribution in [1.82, 2.24) is 0 Å². The molecule has 1 fully saturated rings. The number of nitriles is 1. The Morgan fingerprint density at radius 2 is 1.71 bits per heavy atom. The summed E-state index contributed by atoms with van der Waals surface area (Å²) in [6.45, 7) is 4.11. The summed E-state index contributed by atoms with van der Waals surface area (Å²) in [6.07, 6.45) is 1.78. The van der Waals surface area contributed by atoms with Gasteiger partial charge >= 0.3 is 0 Å². The van der Waals surface area contributed by atoms with Crippen LogP contribution in [0.3, 0.4) is 0 Å². The molecule has 2 aliphatic rings. The molecule has 0 aliphatic carbocycles. The SMILES string of the molecule is Cc1ccc(-c2ccc3c(c2)C2(CCOCC2)CN3C(=O)c2ccccc2C#N)cc1. The average Bonchev–Trinajstić information content (AvgIpc) is 3.12. The molecule has 154 valence electrons. The van der Waals surface area contributed by atoms with Crippen LogP contribution in [0.5, 0.6) is 0 Å². The van der Waals surface area contributed by atoms with E-state index in [1.165, 1.54) is 16.7 Å². The molecule has 4 nitrogen and oxygen atoms in total. The number of nitrogens with zero attached hydrogens (tertiary/aromatic N) is 2. The number of hydrogen-bond donors (Lipinski definition) is 0. The van der Waals surface area contributed by atoms with E-state index >= 15 is 0 Å². The number of ether oxygens (including phenoxy) is 1. The van der Waals surface area contributed by atoms with Crippen molar-refractivity contribution in [3.05, 3.63) is 89.0 Å². The van der Waals surface area contributed by atoms with Gasteiger partial charge in [0, 0.05) is 30.9 Å². The van der Waals surface area contributed by atoms with Gasteiger partial charge in [-0.3, -0.25) is 4.79 Å². The highest BCUT2D eigenvalue weighted by molar-refractivity contribution is 6.09. The zero-order valence-electron chi connectivity index (χ0n) is 17.6. The zero-order chi connectivity index (χ0) is 21.4. The summed E-state index contributed by atoms with van der Waals surface area (Å²) in [5.74, 6) is -0.107. The van der Waals surface area contributed by atoms with Gasteiger partial charge in [-0.15, -0.1) is 0 Å². The van der Waals surface area contributed by atoms with Crippen molar-refractivity contribution in [2.75, 3.05) is 24.7 Å². The van der Waals surface area contributed by atoms with E-state index in [1.54, 1.807) is 18.2 Å². The minimum atomic E-state index is -0.107. The van der Waals surface area contributed by atoms with Crippen molar-refractivity contribution in [3.8, 4) is 17.2 Å². The van der Waals surface area contributed by atoms with E-state index < -0.39 is 0 Å². The van der Waals surface area contributed by atoms with Crippen LogP contribution in [0.1, 0.15) is 39.9 Å². The van der Waals surface area contributed by atoms with Gasteiger partial charge in [-0.2, -0.15) is 5.26 Å². The number of carbonyl (C=O) groups excluding carboxylic acids is 1. The van der Waals surface area contributed by atoms with Crippen LogP contribution in [-0.2, 0) is 10.2 Å². The second kappa shape index (κ2) is 7.68. The Hall–Kier alpha value is -3.42. The van der Waals surface area contributed by atoms with Gasteiger partial charge < -0.3 is 9.64 Å². The quantitative estimate of drug-likeness (QED) is 0.582. The van der Waals surface area contributed by atoms with Crippen molar-refractivity contribution in [3.63, 3.8) is 0 Å². The van der Waals surface area contributed by atoms with Crippen LogP contribution in [0.15, 0.2) is 66.7 Å². The van der Waals surface area contributed by atoms with Gasteiger partial charge in [0.1, 0.15) is 0 Å². The van der Waals surface area contributed by atoms with E-state index in [1.807, 2.05) is 11.0 Å². The lowest BCUT2D eigenvalue weighted by molar-refractivity contribution is 0.0547. The molecule has 2 heterocycles.